The molecule has 0 aliphatic rings. The molecule has 0 bridgehead atoms. The number of halogens is 1. The molecule has 0 saturated heterocycles. The van der Waals surface area contributed by atoms with Crippen LogP contribution in [0, 0.1) is 0 Å². The second kappa shape index (κ2) is 10.9. The predicted octanol–water partition coefficient (Wildman–Crippen LogP) is 5.35. The van der Waals surface area contributed by atoms with Crippen molar-refractivity contribution in [1.82, 2.24) is 4.31 Å². The van der Waals surface area contributed by atoms with Gasteiger partial charge in [-0.1, -0.05) is 59.6 Å². The Kier molecular flexibility index (Phi) is 8.18. The molecule has 0 aromatic heterocycles. The Morgan fingerprint density at radius 3 is 2.24 bits per heavy atom. The molecule has 1 amide bonds. The quantitative estimate of drug-likeness (QED) is 0.379. The molecular weight excluding hydrogens is 504 g/mol. The molecular formula is C25H25BrN2O4S. The minimum atomic E-state index is -3.61. The first kappa shape index (κ1) is 24.8. The highest BCUT2D eigenvalue weighted by molar-refractivity contribution is 9.10. The number of benzene rings is 3. The molecule has 0 radical (unpaired) electrons. The zero-order valence-electron chi connectivity index (χ0n) is 18.4. The van der Waals surface area contributed by atoms with E-state index in [0.717, 1.165) is 12.8 Å². The van der Waals surface area contributed by atoms with E-state index >= 15 is 0 Å². The highest BCUT2D eigenvalue weighted by Crippen LogP contribution is 2.25. The zero-order chi connectivity index (χ0) is 24.0. The highest BCUT2D eigenvalue weighted by atomic mass is 79.9. The fourth-order valence-corrected chi connectivity index (χ4v) is 4.78. The lowest BCUT2D eigenvalue weighted by atomic mass is 10.0. The molecule has 3 aromatic carbocycles. The van der Waals surface area contributed by atoms with Gasteiger partial charge in [0.05, 0.1) is 10.6 Å². The van der Waals surface area contributed by atoms with E-state index in [1.165, 1.54) is 28.6 Å². The lowest BCUT2D eigenvalue weighted by Crippen LogP contribution is -2.28. The van der Waals surface area contributed by atoms with E-state index in [-0.39, 0.29) is 16.2 Å². The lowest BCUT2D eigenvalue weighted by molar-refractivity contribution is 0.102. The summed E-state index contributed by atoms with van der Waals surface area (Å²) in [6, 6.07) is 19.6. The van der Waals surface area contributed by atoms with Crippen molar-refractivity contribution in [2.45, 2.75) is 24.7 Å². The van der Waals surface area contributed by atoms with Crippen LogP contribution < -0.4 is 5.32 Å². The van der Waals surface area contributed by atoms with Crippen LogP contribution in [0.15, 0.2) is 82.2 Å². The van der Waals surface area contributed by atoms with Gasteiger partial charge >= 0.3 is 0 Å². The number of ketones is 1. The van der Waals surface area contributed by atoms with Crippen LogP contribution >= 0.6 is 15.9 Å². The predicted molar refractivity (Wildman–Crippen MR) is 133 cm³/mol. The summed E-state index contributed by atoms with van der Waals surface area (Å²) < 4.78 is 27.4. The maximum atomic E-state index is 13.0. The van der Waals surface area contributed by atoms with E-state index in [2.05, 4.69) is 21.2 Å². The third kappa shape index (κ3) is 5.96. The summed E-state index contributed by atoms with van der Waals surface area (Å²) in [6.45, 7) is 2.43. The topological polar surface area (TPSA) is 83.6 Å². The number of hydrogen-bond acceptors (Lipinski definition) is 4. The minimum absolute atomic E-state index is 0.126. The van der Waals surface area contributed by atoms with Crippen LogP contribution in [0.4, 0.5) is 5.69 Å². The van der Waals surface area contributed by atoms with Crippen LogP contribution in [0.1, 0.15) is 46.0 Å². The first-order chi connectivity index (χ1) is 15.7. The van der Waals surface area contributed by atoms with Gasteiger partial charge in [-0.25, -0.2) is 12.7 Å². The molecule has 3 rings (SSSR count). The average molecular weight is 529 g/mol. The maximum absolute atomic E-state index is 13.0. The molecule has 8 heteroatoms. The molecule has 3 aromatic rings. The van der Waals surface area contributed by atoms with Gasteiger partial charge in [0.1, 0.15) is 0 Å². The van der Waals surface area contributed by atoms with E-state index in [1.54, 1.807) is 49.5 Å². The molecule has 0 fully saturated rings. The lowest BCUT2D eigenvalue weighted by Gasteiger charge is -2.17. The first-order valence-corrected chi connectivity index (χ1v) is 12.7. The van der Waals surface area contributed by atoms with E-state index in [0.29, 0.717) is 27.8 Å². The Morgan fingerprint density at radius 1 is 0.939 bits per heavy atom. The molecule has 0 spiro atoms. The molecule has 0 aliphatic heterocycles. The number of anilines is 1. The SMILES string of the molecule is CCCCN(C)S(=O)(=O)c1ccc(C(=O)Nc2ccc(Br)cc2C(=O)c2ccccc2)cc1. The standard InChI is InChI=1S/C25H25BrN2O4S/c1-3-4-16-28(2)33(31,32)21-13-10-19(11-14-21)25(30)27-23-15-12-20(26)17-22(23)24(29)18-8-6-5-7-9-18/h5-15,17H,3-4,16H2,1-2H3,(H,27,30). The summed E-state index contributed by atoms with van der Waals surface area (Å²) >= 11 is 3.38. The Bertz CT molecular complexity index is 1240. The number of carbonyl (C=O) groups excluding carboxylic acids is 2. The maximum Gasteiger partial charge on any atom is 0.255 e. The van der Waals surface area contributed by atoms with Crippen LogP contribution in [0.2, 0.25) is 0 Å². The molecule has 1 N–H and O–H groups in total. The minimum Gasteiger partial charge on any atom is -0.321 e. The van der Waals surface area contributed by atoms with Gasteiger partial charge in [-0.05, 0) is 48.9 Å². The number of carbonyl (C=O) groups is 2. The summed E-state index contributed by atoms with van der Waals surface area (Å²) in [4.78, 5) is 26.0. The number of rotatable bonds is 9. The molecule has 172 valence electrons. The van der Waals surface area contributed by atoms with Gasteiger partial charge in [-0.3, -0.25) is 9.59 Å². The first-order valence-electron chi connectivity index (χ1n) is 10.5. The van der Waals surface area contributed by atoms with Crippen molar-refractivity contribution in [3.05, 3.63) is 94.0 Å². The van der Waals surface area contributed by atoms with E-state index < -0.39 is 15.9 Å². The Labute approximate surface area is 202 Å². The van der Waals surface area contributed by atoms with Crippen LogP contribution in [0.25, 0.3) is 0 Å². The highest BCUT2D eigenvalue weighted by Gasteiger charge is 2.21. The third-order valence-corrected chi connectivity index (χ3v) is 7.53. The largest absolute Gasteiger partial charge is 0.321 e. The van der Waals surface area contributed by atoms with Crippen molar-refractivity contribution in [3.63, 3.8) is 0 Å². The Balaban J connectivity index is 1.82. The van der Waals surface area contributed by atoms with Crippen LogP contribution in [-0.2, 0) is 10.0 Å². The zero-order valence-corrected chi connectivity index (χ0v) is 20.8. The number of nitrogens with zero attached hydrogens (tertiary/aromatic N) is 1. The van der Waals surface area contributed by atoms with Crippen LogP contribution in [0.3, 0.4) is 0 Å². The Hall–Kier alpha value is -2.81. The van der Waals surface area contributed by atoms with Crippen molar-refractivity contribution in [3.8, 4) is 0 Å². The monoisotopic (exact) mass is 528 g/mol. The van der Waals surface area contributed by atoms with Crippen molar-refractivity contribution in [2.75, 3.05) is 18.9 Å². The van der Waals surface area contributed by atoms with Crippen molar-refractivity contribution in [2.24, 2.45) is 0 Å². The van der Waals surface area contributed by atoms with Crippen molar-refractivity contribution < 1.29 is 18.0 Å². The van der Waals surface area contributed by atoms with Gasteiger partial charge in [0.15, 0.2) is 5.78 Å². The van der Waals surface area contributed by atoms with E-state index in [9.17, 15) is 18.0 Å². The second-order valence-electron chi connectivity index (χ2n) is 7.54. The summed E-state index contributed by atoms with van der Waals surface area (Å²) in [5.74, 6) is -0.661. The summed E-state index contributed by atoms with van der Waals surface area (Å²) in [7, 11) is -2.07. The Morgan fingerprint density at radius 2 is 1.61 bits per heavy atom. The number of unbranched alkanes of at least 4 members (excludes halogenated alkanes) is 1. The number of nitrogens with one attached hydrogen (secondary N) is 1. The van der Waals surface area contributed by atoms with Gasteiger partial charge in [0, 0.05) is 34.8 Å². The van der Waals surface area contributed by atoms with Gasteiger partial charge in [-0.15, -0.1) is 0 Å². The van der Waals surface area contributed by atoms with Crippen molar-refractivity contribution in [1.29, 1.82) is 0 Å². The normalized spacial score (nSPS) is 11.4. The summed E-state index contributed by atoms with van der Waals surface area (Å²) in [5.41, 5.74) is 1.51. The van der Waals surface area contributed by atoms with Gasteiger partial charge in [0.25, 0.3) is 5.91 Å². The van der Waals surface area contributed by atoms with Crippen LogP contribution in [-0.4, -0.2) is 38.0 Å². The third-order valence-electron chi connectivity index (χ3n) is 5.16. The van der Waals surface area contributed by atoms with Gasteiger partial charge < -0.3 is 5.32 Å². The number of amides is 1. The molecule has 0 unspecified atom stereocenters. The number of sulfonamides is 1. The smallest absolute Gasteiger partial charge is 0.255 e. The van der Waals surface area contributed by atoms with E-state index in [4.69, 9.17) is 0 Å². The molecule has 0 aliphatic carbocycles. The molecule has 0 atom stereocenters. The summed E-state index contributed by atoms with van der Waals surface area (Å²) in [5, 5.41) is 2.77. The number of hydrogen-bond donors (Lipinski definition) is 1. The molecule has 6 nitrogen and oxygen atoms in total. The fourth-order valence-electron chi connectivity index (χ4n) is 3.21. The molecule has 33 heavy (non-hydrogen) atoms. The summed E-state index contributed by atoms with van der Waals surface area (Å²) in [6.07, 6.45) is 1.66. The average Bonchev–Trinajstić information content (AvgIpc) is 2.83. The van der Waals surface area contributed by atoms with Gasteiger partial charge in [-0.2, -0.15) is 0 Å². The molecule has 0 saturated carbocycles. The fraction of sp³-hybridized carbons (Fsp3) is 0.200. The van der Waals surface area contributed by atoms with Gasteiger partial charge in [0.2, 0.25) is 10.0 Å². The molecule has 0 heterocycles. The van der Waals surface area contributed by atoms with Crippen LogP contribution in [0.5, 0.6) is 0 Å². The van der Waals surface area contributed by atoms with Crippen molar-refractivity contribution >= 4 is 43.3 Å². The second-order valence-corrected chi connectivity index (χ2v) is 10.5. The van der Waals surface area contributed by atoms with E-state index in [1.807, 2.05) is 13.0 Å².